The number of anilines is 2. The zero-order valence-electron chi connectivity index (χ0n) is 25.1. The highest BCUT2D eigenvalue weighted by molar-refractivity contribution is 6.10. The molecule has 0 N–H and O–H groups in total. The first-order valence-electron chi connectivity index (χ1n) is 16.0. The van der Waals surface area contributed by atoms with Crippen LogP contribution in [-0.2, 0) is 0 Å². The van der Waals surface area contributed by atoms with E-state index >= 15 is 0 Å². The van der Waals surface area contributed by atoms with Crippen LogP contribution in [0.4, 0.5) is 11.4 Å². The standard InChI is InChI=1S/C43H29N3/c1-3-11-31(12-4-1)45(33-20-24-40-37(27-33)34-15-7-8-16-38(34)46(40)32-13-5-2-6-14-32)39-23-19-28-17-22-36-42-29(18-21-35(39)41(28)42)26-30-10-9-25-44-43(30)36/h1-27,41,43H. The Labute approximate surface area is 267 Å². The van der Waals surface area contributed by atoms with E-state index in [1.165, 1.54) is 66.6 Å². The summed E-state index contributed by atoms with van der Waals surface area (Å²) in [7, 11) is 0. The second kappa shape index (κ2) is 9.79. The van der Waals surface area contributed by atoms with E-state index in [2.05, 4.69) is 161 Å². The Hall–Kier alpha value is -5.93. The number of hydrogen-bond acceptors (Lipinski definition) is 2. The fraction of sp³-hybridized carbons (Fsp3) is 0.0465. The van der Waals surface area contributed by atoms with Crippen LogP contribution in [0.1, 0.15) is 0 Å². The molecule has 4 aliphatic carbocycles. The lowest BCUT2D eigenvalue weighted by Gasteiger charge is -2.41. The first-order valence-corrected chi connectivity index (χ1v) is 16.0. The smallest absolute Gasteiger partial charge is 0.100 e. The topological polar surface area (TPSA) is 20.5 Å². The Balaban J connectivity index is 1.18. The van der Waals surface area contributed by atoms with Crippen molar-refractivity contribution in [2.24, 2.45) is 10.9 Å². The van der Waals surface area contributed by atoms with E-state index in [9.17, 15) is 0 Å². The summed E-state index contributed by atoms with van der Waals surface area (Å²) >= 11 is 0. The number of aromatic nitrogens is 1. The molecule has 10 rings (SSSR count). The number of hydrogen-bond donors (Lipinski definition) is 0. The molecule has 2 heterocycles. The van der Waals surface area contributed by atoms with Crippen molar-refractivity contribution in [3.63, 3.8) is 0 Å². The summed E-state index contributed by atoms with van der Waals surface area (Å²) in [6.07, 6.45) is 22.4. The van der Waals surface area contributed by atoms with Crippen molar-refractivity contribution in [2.45, 2.75) is 6.04 Å². The molecule has 0 amide bonds. The van der Waals surface area contributed by atoms with Crippen molar-refractivity contribution < 1.29 is 0 Å². The van der Waals surface area contributed by atoms with E-state index in [1.807, 2.05) is 12.3 Å². The molecule has 5 aliphatic rings. The normalized spacial score (nSPS) is 20.5. The predicted molar refractivity (Wildman–Crippen MR) is 191 cm³/mol. The number of allylic oxidation sites excluding steroid dienone is 11. The lowest BCUT2D eigenvalue weighted by Crippen LogP contribution is -2.31. The van der Waals surface area contributed by atoms with Crippen LogP contribution in [-0.4, -0.2) is 16.8 Å². The van der Waals surface area contributed by atoms with Crippen molar-refractivity contribution in [1.82, 2.24) is 4.57 Å². The Morgan fingerprint density at radius 3 is 2.33 bits per heavy atom. The van der Waals surface area contributed by atoms with Gasteiger partial charge in [-0.25, -0.2) is 0 Å². The summed E-state index contributed by atoms with van der Waals surface area (Å²) < 4.78 is 2.38. The molecule has 0 fully saturated rings. The highest BCUT2D eigenvalue weighted by Gasteiger charge is 2.39. The lowest BCUT2D eigenvalue weighted by molar-refractivity contribution is 0.774. The third-order valence-corrected chi connectivity index (χ3v) is 9.91. The molecule has 0 saturated heterocycles. The van der Waals surface area contributed by atoms with E-state index in [4.69, 9.17) is 4.99 Å². The van der Waals surface area contributed by atoms with Crippen LogP contribution in [0, 0.1) is 5.92 Å². The first-order chi connectivity index (χ1) is 22.8. The number of dihydropyridines is 1. The second-order valence-electron chi connectivity index (χ2n) is 12.4. The van der Waals surface area contributed by atoms with Crippen LogP contribution >= 0.6 is 0 Å². The van der Waals surface area contributed by atoms with Gasteiger partial charge in [0.2, 0.25) is 0 Å². The molecule has 2 atom stereocenters. The molecule has 3 heteroatoms. The van der Waals surface area contributed by atoms with Crippen molar-refractivity contribution >= 4 is 39.4 Å². The minimum absolute atomic E-state index is 0.0678. The van der Waals surface area contributed by atoms with Crippen molar-refractivity contribution in [3.8, 4) is 5.69 Å². The fourth-order valence-electron chi connectivity index (χ4n) is 7.96. The molecule has 3 nitrogen and oxygen atoms in total. The van der Waals surface area contributed by atoms with Gasteiger partial charge in [-0.3, -0.25) is 4.99 Å². The number of nitrogens with zero attached hydrogens (tertiary/aromatic N) is 3. The summed E-state index contributed by atoms with van der Waals surface area (Å²) in [5.74, 6) is 0.175. The van der Waals surface area contributed by atoms with Gasteiger partial charge in [0.1, 0.15) is 6.04 Å². The van der Waals surface area contributed by atoms with Gasteiger partial charge in [0.15, 0.2) is 0 Å². The summed E-state index contributed by atoms with van der Waals surface area (Å²) in [5, 5.41) is 2.49. The van der Waals surface area contributed by atoms with Gasteiger partial charge in [-0.1, -0.05) is 91.1 Å². The highest BCUT2D eigenvalue weighted by Crippen LogP contribution is 2.51. The minimum Gasteiger partial charge on any atom is -0.310 e. The van der Waals surface area contributed by atoms with E-state index in [0.717, 1.165) is 11.4 Å². The van der Waals surface area contributed by atoms with Gasteiger partial charge in [0, 0.05) is 40.0 Å². The molecule has 1 aromatic heterocycles. The van der Waals surface area contributed by atoms with E-state index in [0.29, 0.717) is 0 Å². The molecule has 0 radical (unpaired) electrons. The van der Waals surface area contributed by atoms with E-state index < -0.39 is 0 Å². The molecule has 1 aliphatic heterocycles. The van der Waals surface area contributed by atoms with Crippen LogP contribution in [0.2, 0.25) is 0 Å². The number of rotatable bonds is 4. The van der Waals surface area contributed by atoms with Crippen LogP contribution in [0.15, 0.2) is 202 Å². The van der Waals surface area contributed by atoms with Gasteiger partial charge in [-0.15, -0.1) is 0 Å². The van der Waals surface area contributed by atoms with Crippen LogP contribution < -0.4 is 4.90 Å². The zero-order chi connectivity index (χ0) is 30.2. The van der Waals surface area contributed by atoms with E-state index in [-0.39, 0.29) is 12.0 Å². The summed E-state index contributed by atoms with van der Waals surface area (Å²) in [4.78, 5) is 7.34. The molecule has 0 saturated carbocycles. The van der Waals surface area contributed by atoms with Gasteiger partial charge in [0.05, 0.1) is 16.7 Å². The summed E-state index contributed by atoms with van der Waals surface area (Å²) in [5.41, 5.74) is 15.0. The maximum absolute atomic E-state index is 4.90. The zero-order valence-corrected chi connectivity index (χ0v) is 25.1. The molecule has 5 aromatic rings. The third kappa shape index (κ3) is 3.63. The van der Waals surface area contributed by atoms with Gasteiger partial charge in [0.25, 0.3) is 0 Å². The first kappa shape index (κ1) is 25.4. The van der Waals surface area contributed by atoms with Crippen LogP contribution in [0.5, 0.6) is 0 Å². The number of aliphatic imine (C=N–C) groups is 1. The predicted octanol–water partition coefficient (Wildman–Crippen LogP) is 10.0. The summed E-state index contributed by atoms with van der Waals surface area (Å²) in [6, 6.07) is 37.2. The molecule has 0 bridgehead atoms. The van der Waals surface area contributed by atoms with Crippen molar-refractivity contribution in [3.05, 3.63) is 197 Å². The number of para-hydroxylation sites is 3. The van der Waals surface area contributed by atoms with Gasteiger partial charge in [-0.2, -0.15) is 0 Å². The van der Waals surface area contributed by atoms with Gasteiger partial charge >= 0.3 is 0 Å². The van der Waals surface area contributed by atoms with E-state index in [1.54, 1.807) is 0 Å². The Bertz CT molecular complexity index is 2400. The monoisotopic (exact) mass is 587 g/mol. The van der Waals surface area contributed by atoms with Gasteiger partial charge < -0.3 is 9.47 Å². The maximum Gasteiger partial charge on any atom is 0.100 e. The van der Waals surface area contributed by atoms with Crippen LogP contribution in [0.25, 0.3) is 27.5 Å². The third-order valence-electron chi connectivity index (χ3n) is 9.91. The SMILES string of the molecule is C1=CC2=CC3=C4C(=CC=C5C=CC(N(c6ccccc6)c6ccc7c(c6)c6ccccc6n7-c6ccccc6)=C(C=C3)C54)C2N=C1. The maximum atomic E-state index is 4.90. The molecule has 46 heavy (non-hydrogen) atoms. The average molecular weight is 588 g/mol. The molecular weight excluding hydrogens is 558 g/mol. The van der Waals surface area contributed by atoms with Crippen molar-refractivity contribution in [2.75, 3.05) is 4.90 Å². The number of fused-ring (bicyclic) bond motifs is 5. The molecular formula is C43H29N3. The second-order valence-corrected chi connectivity index (χ2v) is 12.4. The highest BCUT2D eigenvalue weighted by atomic mass is 15.2. The largest absolute Gasteiger partial charge is 0.310 e. The Kier molecular flexibility index (Phi) is 5.40. The van der Waals surface area contributed by atoms with Crippen molar-refractivity contribution in [1.29, 1.82) is 0 Å². The Morgan fingerprint density at radius 1 is 0.630 bits per heavy atom. The Morgan fingerprint density at radius 2 is 1.43 bits per heavy atom. The van der Waals surface area contributed by atoms with Crippen LogP contribution in [0.3, 0.4) is 0 Å². The molecule has 4 aromatic carbocycles. The molecule has 2 unspecified atom stereocenters. The summed E-state index contributed by atoms with van der Waals surface area (Å²) in [6.45, 7) is 0. The molecule has 216 valence electrons. The quantitative estimate of drug-likeness (QED) is 0.205. The van der Waals surface area contributed by atoms with Gasteiger partial charge in [-0.05, 0) is 100 Å². The average Bonchev–Trinajstić information content (AvgIpc) is 3.45. The minimum atomic E-state index is 0.0678. The fourth-order valence-corrected chi connectivity index (χ4v) is 7.96. The molecule has 0 spiro atoms. The lowest BCUT2D eigenvalue weighted by atomic mass is 9.66. The number of benzene rings is 4.